The van der Waals surface area contributed by atoms with E-state index in [1.165, 1.54) is 0 Å². The average Bonchev–Trinajstić information content (AvgIpc) is 2.65. The Hall–Kier alpha value is -2.52. The lowest BCUT2D eigenvalue weighted by Gasteiger charge is -2.19. The summed E-state index contributed by atoms with van der Waals surface area (Å²) in [5, 5.41) is 18.2. The molecule has 0 fully saturated rings. The molecule has 0 aliphatic heterocycles. The van der Waals surface area contributed by atoms with Crippen molar-refractivity contribution in [1.29, 1.82) is 0 Å². The summed E-state index contributed by atoms with van der Waals surface area (Å²) in [6.07, 6.45) is 3.60. The van der Waals surface area contributed by atoms with Gasteiger partial charge in [0.05, 0.1) is 18.0 Å². The molecule has 10 heteroatoms. The molecule has 2 amide bonds. The van der Waals surface area contributed by atoms with E-state index in [4.69, 9.17) is 11.6 Å². The molecule has 0 aliphatic carbocycles. The van der Waals surface area contributed by atoms with Gasteiger partial charge in [-0.2, -0.15) is 0 Å². The lowest BCUT2D eigenvalue weighted by atomic mass is 10.0. The number of aromatic nitrogens is 3. The smallest absolute Gasteiger partial charge is 0.262 e. The lowest BCUT2D eigenvalue weighted by molar-refractivity contribution is -0.154. The van der Waals surface area contributed by atoms with Crippen LogP contribution in [0.4, 0.5) is 5.95 Å². The number of rotatable bonds is 10. The Morgan fingerprint density at radius 1 is 1.35 bits per heavy atom. The zero-order valence-corrected chi connectivity index (χ0v) is 15.1. The highest BCUT2D eigenvalue weighted by Gasteiger charge is 2.20. The Morgan fingerprint density at radius 2 is 2.15 bits per heavy atom. The molecule has 2 aromatic rings. The zero-order chi connectivity index (χ0) is 18.9. The third-order valence-electron chi connectivity index (χ3n) is 3.77. The second kappa shape index (κ2) is 9.83. The SMILES string of the molecule is CCCCCC(CN(O)C=O)C(=O)NNc1nnc2cc(Cl)ccc2n1. The first-order chi connectivity index (χ1) is 12.5. The maximum atomic E-state index is 12.3. The molecule has 3 N–H and O–H groups in total. The number of hydroxylamine groups is 2. The van der Waals surface area contributed by atoms with Gasteiger partial charge in [-0.25, -0.2) is 10.0 Å². The van der Waals surface area contributed by atoms with E-state index in [0.717, 1.165) is 19.3 Å². The number of hydrazine groups is 1. The van der Waals surface area contributed by atoms with Crippen molar-refractivity contribution >= 4 is 40.9 Å². The Balaban J connectivity index is 1.98. The molecule has 140 valence electrons. The third-order valence-corrected chi connectivity index (χ3v) is 4.00. The van der Waals surface area contributed by atoms with Crippen LogP contribution in [0.2, 0.25) is 5.02 Å². The van der Waals surface area contributed by atoms with Crippen LogP contribution < -0.4 is 10.9 Å². The number of halogens is 1. The Morgan fingerprint density at radius 3 is 2.88 bits per heavy atom. The van der Waals surface area contributed by atoms with Crippen molar-refractivity contribution in [1.82, 2.24) is 25.7 Å². The molecular weight excluding hydrogens is 360 g/mol. The number of unbranched alkanes of at least 4 members (excludes halogenated alkanes) is 2. The van der Waals surface area contributed by atoms with Gasteiger partial charge in [0.2, 0.25) is 12.3 Å². The molecule has 1 unspecified atom stereocenters. The van der Waals surface area contributed by atoms with Crippen molar-refractivity contribution in [3.05, 3.63) is 23.2 Å². The molecule has 1 heterocycles. The number of carbonyl (C=O) groups excluding carboxylic acids is 2. The van der Waals surface area contributed by atoms with Crippen LogP contribution in [-0.2, 0) is 9.59 Å². The molecule has 0 spiro atoms. The van der Waals surface area contributed by atoms with Crippen molar-refractivity contribution in [3.8, 4) is 0 Å². The summed E-state index contributed by atoms with van der Waals surface area (Å²) in [7, 11) is 0. The van der Waals surface area contributed by atoms with Gasteiger partial charge in [0.1, 0.15) is 5.52 Å². The quantitative estimate of drug-likeness (QED) is 0.250. The predicted octanol–water partition coefficient (Wildman–Crippen LogP) is 2.17. The van der Waals surface area contributed by atoms with Crippen LogP contribution >= 0.6 is 11.6 Å². The Labute approximate surface area is 155 Å². The maximum absolute atomic E-state index is 12.3. The summed E-state index contributed by atoms with van der Waals surface area (Å²) < 4.78 is 0. The van der Waals surface area contributed by atoms with Crippen molar-refractivity contribution in [2.24, 2.45) is 5.92 Å². The number of hydrogen-bond donors (Lipinski definition) is 3. The van der Waals surface area contributed by atoms with Crippen LogP contribution in [0.5, 0.6) is 0 Å². The van der Waals surface area contributed by atoms with E-state index < -0.39 is 5.92 Å². The first kappa shape index (κ1) is 19.8. The summed E-state index contributed by atoms with van der Waals surface area (Å²) in [4.78, 5) is 27.2. The average molecular weight is 381 g/mol. The van der Waals surface area contributed by atoms with Gasteiger partial charge in [-0.05, 0) is 24.6 Å². The van der Waals surface area contributed by atoms with Crippen LogP contribution in [-0.4, -0.2) is 44.3 Å². The van der Waals surface area contributed by atoms with Crippen molar-refractivity contribution in [2.45, 2.75) is 32.6 Å². The van der Waals surface area contributed by atoms with Gasteiger partial charge in [-0.1, -0.05) is 37.8 Å². The summed E-state index contributed by atoms with van der Waals surface area (Å²) >= 11 is 5.88. The number of fused-ring (bicyclic) bond motifs is 1. The molecule has 0 bridgehead atoms. The third kappa shape index (κ3) is 5.78. The summed E-state index contributed by atoms with van der Waals surface area (Å²) in [6.45, 7) is 1.97. The highest BCUT2D eigenvalue weighted by atomic mass is 35.5. The molecule has 0 saturated carbocycles. The molecule has 0 saturated heterocycles. The second-order valence-corrected chi connectivity index (χ2v) is 6.24. The van der Waals surface area contributed by atoms with Gasteiger partial charge >= 0.3 is 0 Å². The fourth-order valence-electron chi connectivity index (χ4n) is 2.40. The van der Waals surface area contributed by atoms with E-state index in [-0.39, 0.29) is 24.8 Å². The summed E-state index contributed by atoms with van der Waals surface area (Å²) in [5.74, 6) is -0.810. The molecule has 1 aromatic heterocycles. The number of carbonyl (C=O) groups is 2. The van der Waals surface area contributed by atoms with Gasteiger partial charge in [-0.3, -0.25) is 25.6 Å². The molecule has 0 radical (unpaired) electrons. The largest absolute Gasteiger partial charge is 0.286 e. The van der Waals surface area contributed by atoms with E-state index in [1.807, 2.05) is 0 Å². The summed E-state index contributed by atoms with van der Waals surface area (Å²) in [6, 6.07) is 5.01. The molecule has 2 rings (SSSR count). The number of nitrogens with one attached hydrogen (secondary N) is 2. The Bertz CT molecular complexity index is 760. The lowest BCUT2D eigenvalue weighted by Crippen LogP contribution is -2.40. The van der Waals surface area contributed by atoms with Crippen molar-refractivity contribution in [2.75, 3.05) is 12.0 Å². The van der Waals surface area contributed by atoms with E-state index in [0.29, 0.717) is 27.5 Å². The minimum absolute atomic E-state index is 0.0872. The standard InChI is InChI=1S/C16H21ClN6O3/c1-2-3-4-5-11(9-23(26)10-24)15(25)20-22-16-18-13-7-6-12(17)8-14(13)19-21-16/h6-8,10-11,26H,2-5,9H2,1H3,(H,20,25)(H,18,21,22). The van der Waals surface area contributed by atoms with Crippen LogP contribution in [0.15, 0.2) is 18.2 Å². The van der Waals surface area contributed by atoms with Crippen LogP contribution in [0.1, 0.15) is 32.6 Å². The monoisotopic (exact) mass is 380 g/mol. The van der Waals surface area contributed by atoms with Crippen molar-refractivity contribution in [3.63, 3.8) is 0 Å². The number of anilines is 1. The fourth-order valence-corrected chi connectivity index (χ4v) is 2.56. The highest BCUT2D eigenvalue weighted by molar-refractivity contribution is 6.31. The normalized spacial score (nSPS) is 11.8. The first-order valence-electron chi connectivity index (χ1n) is 8.30. The number of nitrogens with zero attached hydrogens (tertiary/aromatic N) is 4. The van der Waals surface area contributed by atoms with Crippen LogP contribution in [0.25, 0.3) is 11.0 Å². The van der Waals surface area contributed by atoms with E-state index >= 15 is 0 Å². The Kier molecular flexibility index (Phi) is 7.49. The number of hydrogen-bond acceptors (Lipinski definition) is 7. The van der Waals surface area contributed by atoms with E-state index in [9.17, 15) is 14.8 Å². The van der Waals surface area contributed by atoms with Gasteiger partial charge < -0.3 is 0 Å². The number of amides is 2. The zero-order valence-electron chi connectivity index (χ0n) is 14.4. The van der Waals surface area contributed by atoms with Gasteiger partial charge in [-0.15, -0.1) is 10.2 Å². The number of benzene rings is 1. The molecule has 26 heavy (non-hydrogen) atoms. The molecule has 9 nitrogen and oxygen atoms in total. The minimum Gasteiger partial charge on any atom is -0.286 e. The maximum Gasteiger partial charge on any atom is 0.262 e. The molecule has 1 atom stereocenters. The molecule has 0 aliphatic rings. The van der Waals surface area contributed by atoms with Crippen molar-refractivity contribution < 1.29 is 14.8 Å². The molecule has 1 aromatic carbocycles. The predicted molar refractivity (Wildman–Crippen MR) is 96.3 cm³/mol. The van der Waals surface area contributed by atoms with Crippen LogP contribution in [0.3, 0.4) is 0 Å². The molecular formula is C16H21ClN6O3. The minimum atomic E-state index is -0.559. The van der Waals surface area contributed by atoms with Gasteiger partial charge in [0.25, 0.3) is 5.95 Å². The first-order valence-corrected chi connectivity index (χ1v) is 8.68. The fraction of sp³-hybridized carbons (Fsp3) is 0.438. The summed E-state index contributed by atoms with van der Waals surface area (Å²) in [5.41, 5.74) is 6.21. The second-order valence-electron chi connectivity index (χ2n) is 5.80. The van der Waals surface area contributed by atoms with E-state index in [1.54, 1.807) is 18.2 Å². The topological polar surface area (TPSA) is 120 Å². The van der Waals surface area contributed by atoms with Gasteiger partial charge in [0.15, 0.2) is 0 Å². The van der Waals surface area contributed by atoms with E-state index in [2.05, 4.69) is 33.0 Å². The van der Waals surface area contributed by atoms with Crippen LogP contribution in [0, 0.1) is 5.92 Å². The van der Waals surface area contributed by atoms with Gasteiger partial charge in [0, 0.05) is 5.02 Å². The highest BCUT2D eigenvalue weighted by Crippen LogP contribution is 2.16.